The van der Waals surface area contributed by atoms with Gasteiger partial charge in [-0.05, 0) is 62.6 Å². The van der Waals surface area contributed by atoms with Crippen LogP contribution < -0.4 is 0 Å². The van der Waals surface area contributed by atoms with Crippen LogP contribution >= 0.6 is 0 Å². The molecule has 31 heavy (non-hydrogen) atoms. The molecule has 0 aromatic heterocycles. The molecule has 2 aliphatic rings. The van der Waals surface area contributed by atoms with Crippen molar-refractivity contribution in [2.24, 2.45) is 11.8 Å². The fourth-order valence-electron chi connectivity index (χ4n) is 4.88. The highest BCUT2D eigenvalue weighted by molar-refractivity contribution is 6.74. The van der Waals surface area contributed by atoms with E-state index in [9.17, 15) is 14.7 Å². The Balaban J connectivity index is 2.11. The van der Waals surface area contributed by atoms with E-state index in [2.05, 4.69) is 59.0 Å². The second kappa shape index (κ2) is 10.6. The third-order valence-electron chi connectivity index (χ3n) is 7.78. The van der Waals surface area contributed by atoms with Crippen molar-refractivity contribution in [2.75, 3.05) is 0 Å². The highest BCUT2D eigenvalue weighted by atomic mass is 28.4. The van der Waals surface area contributed by atoms with Crippen molar-refractivity contribution in [2.45, 2.75) is 116 Å². The molecule has 0 bridgehead atoms. The molecule has 5 heteroatoms. The Morgan fingerprint density at radius 1 is 1.23 bits per heavy atom. The first kappa shape index (κ1) is 26.1. The van der Waals surface area contributed by atoms with Crippen LogP contribution in [-0.4, -0.2) is 30.8 Å². The Labute approximate surface area is 190 Å². The molecule has 0 radical (unpaired) electrons. The van der Waals surface area contributed by atoms with Gasteiger partial charge in [-0.1, -0.05) is 70.8 Å². The summed E-state index contributed by atoms with van der Waals surface area (Å²) in [5.74, 6) is -0.362. The van der Waals surface area contributed by atoms with Crippen LogP contribution in [0.15, 0.2) is 23.8 Å². The van der Waals surface area contributed by atoms with Crippen molar-refractivity contribution >= 4 is 20.1 Å². The number of rotatable bonds is 11. The summed E-state index contributed by atoms with van der Waals surface area (Å²) >= 11 is 0. The molecule has 2 rings (SSSR count). The van der Waals surface area contributed by atoms with Crippen molar-refractivity contribution in [1.82, 2.24) is 0 Å². The summed E-state index contributed by atoms with van der Waals surface area (Å²) in [6.07, 6.45) is 14.9. The van der Waals surface area contributed by atoms with Gasteiger partial charge in [-0.25, -0.2) is 4.79 Å². The van der Waals surface area contributed by atoms with E-state index in [0.717, 1.165) is 44.9 Å². The Morgan fingerprint density at radius 2 is 1.87 bits per heavy atom. The van der Waals surface area contributed by atoms with E-state index in [1.54, 1.807) is 0 Å². The quantitative estimate of drug-likeness (QED) is 0.271. The smallest absolute Gasteiger partial charge is 0.335 e. The second-order valence-electron chi connectivity index (χ2n) is 11.0. The number of carbonyl (C=O) groups excluding carboxylic acids is 1. The molecule has 1 unspecified atom stereocenters. The minimum atomic E-state index is -2.24. The summed E-state index contributed by atoms with van der Waals surface area (Å²) in [6, 6.07) is 0. The molecule has 0 aromatic rings. The normalized spacial score (nSPS) is 22.8. The maximum atomic E-state index is 12.7. The number of carbonyl (C=O) groups is 2. The van der Waals surface area contributed by atoms with Crippen LogP contribution in [0.25, 0.3) is 0 Å². The molecular weight excluding hydrogens is 404 g/mol. The van der Waals surface area contributed by atoms with E-state index < -0.39 is 19.9 Å². The molecule has 176 valence electrons. The lowest BCUT2D eigenvalue weighted by atomic mass is 9.82. The summed E-state index contributed by atoms with van der Waals surface area (Å²) in [5, 5.41) is 10.4. The van der Waals surface area contributed by atoms with Crippen LogP contribution in [0, 0.1) is 11.8 Å². The highest BCUT2D eigenvalue weighted by Crippen LogP contribution is 2.46. The second-order valence-corrected chi connectivity index (χ2v) is 15.8. The van der Waals surface area contributed by atoms with Gasteiger partial charge in [0.1, 0.15) is 5.78 Å². The van der Waals surface area contributed by atoms with Gasteiger partial charge in [0.05, 0.1) is 0 Å². The third-order valence-corrected chi connectivity index (χ3v) is 12.3. The maximum absolute atomic E-state index is 12.7. The first-order valence-corrected chi connectivity index (χ1v) is 15.2. The lowest BCUT2D eigenvalue weighted by Crippen LogP contribution is -2.57. The van der Waals surface area contributed by atoms with Gasteiger partial charge in [-0.2, -0.15) is 0 Å². The predicted molar refractivity (Wildman–Crippen MR) is 130 cm³/mol. The molecule has 0 amide bonds. The van der Waals surface area contributed by atoms with Gasteiger partial charge in [-0.15, -0.1) is 0 Å². The lowest BCUT2D eigenvalue weighted by molar-refractivity contribution is -0.163. The number of hydrogen-bond donors (Lipinski definition) is 1. The average molecular weight is 449 g/mol. The standard InChI is InChI=1S/C26H44O4Si/c1-7-13-20-17-18-23(27)22(20)16-9-8-12-19-26(24(28)29,21-14-10-11-15-21)30-31(5,6)25(2,3)4/h8-9,17,21-22H,7,10-16,18-19H2,1-6H3,(H,28,29)/t22-,26?/m1/s1. The van der Waals surface area contributed by atoms with Crippen molar-refractivity contribution in [3.05, 3.63) is 23.8 Å². The first-order chi connectivity index (χ1) is 14.4. The summed E-state index contributed by atoms with van der Waals surface area (Å²) in [4.78, 5) is 24.9. The molecule has 1 saturated carbocycles. The van der Waals surface area contributed by atoms with E-state index in [0.29, 0.717) is 25.0 Å². The number of carboxylic acids is 1. The molecule has 0 heterocycles. The Morgan fingerprint density at radius 3 is 2.42 bits per heavy atom. The van der Waals surface area contributed by atoms with Gasteiger partial charge >= 0.3 is 5.97 Å². The van der Waals surface area contributed by atoms with Crippen LogP contribution in [-0.2, 0) is 14.0 Å². The molecule has 2 aliphatic carbocycles. The van der Waals surface area contributed by atoms with Crippen LogP contribution in [0.5, 0.6) is 0 Å². The molecular formula is C26H44O4Si. The van der Waals surface area contributed by atoms with Crippen LogP contribution in [0.2, 0.25) is 18.1 Å². The van der Waals surface area contributed by atoms with Crippen molar-refractivity contribution in [3.8, 4) is 0 Å². The zero-order chi connectivity index (χ0) is 23.3. The molecule has 0 saturated heterocycles. The zero-order valence-corrected chi connectivity index (χ0v) is 21.6. The number of hydrogen-bond acceptors (Lipinski definition) is 3. The molecule has 0 aromatic carbocycles. The summed E-state index contributed by atoms with van der Waals surface area (Å²) < 4.78 is 6.72. The van der Waals surface area contributed by atoms with E-state index in [4.69, 9.17) is 4.43 Å². The third kappa shape index (κ3) is 6.19. The van der Waals surface area contributed by atoms with E-state index in [1.165, 1.54) is 5.57 Å². The number of aliphatic carboxylic acids is 1. The van der Waals surface area contributed by atoms with Crippen LogP contribution in [0.4, 0.5) is 0 Å². The first-order valence-electron chi connectivity index (χ1n) is 12.2. The van der Waals surface area contributed by atoms with Gasteiger partial charge < -0.3 is 9.53 Å². The van der Waals surface area contributed by atoms with Gasteiger partial charge in [0, 0.05) is 12.3 Å². The Bertz CT molecular complexity index is 695. The van der Waals surface area contributed by atoms with E-state index in [-0.39, 0.29) is 16.9 Å². The van der Waals surface area contributed by atoms with E-state index >= 15 is 0 Å². The number of carboxylic acid groups (broad SMARTS) is 1. The van der Waals surface area contributed by atoms with Gasteiger partial charge in [0.15, 0.2) is 13.9 Å². The maximum Gasteiger partial charge on any atom is 0.335 e. The number of Topliss-reactive ketones (excluding diaryl/α,β-unsaturated/α-hetero) is 1. The number of ketones is 1. The fourth-order valence-corrected chi connectivity index (χ4v) is 6.46. The predicted octanol–water partition coefficient (Wildman–Crippen LogP) is 7.06. The molecule has 2 atom stereocenters. The highest BCUT2D eigenvalue weighted by Gasteiger charge is 2.53. The SMILES string of the molecule is CCCC1=CCC(=O)[C@@H]1CC=CCCC(O[Si](C)(C)C(C)(C)C)(C(=O)O)C1CCCC1. The summed E-state index contributed by atoms with van der Waals surface area (Å²) in [6.45, 7) is 13.0. The zero-order valence-electron chi connectivity index (χ0n) is 20.6. The largest absolute Gasteiger partial charge is 0.479 e. The van der Waals surface area contributed by atoms with Crippen molar-refractivity contribution in [1.29, 1.82) is 0 Å². The molecule has 1 N–H and O–H groups in total. The Kier molecular flexibility index (Phi) is 8.92. The Hall–Kier alpha value is -1.20. The minimum absolute atomic E-state index is 0.0266. The van der Waals surface area contributed by atoms with E-state index in [1.807, 2.05) is 0 Å². The monoisotopic (exact) mass is 448 g/mol. The summed E-state index contributed by atoms with van der Waals surface area (Å²) in [7, 11) is -2.24. The molecule has 4 nitrogen and oxygen atoms in total. The summed E-state index contributed by atoms with van der Waals surface area (Å²) in [5.41, 5.74) is 0.185. The lowest BCUT2D eigenvalue weighted by Gasteiger charge is -2.46. The van der Waals surface area contributed by atoms with Crippen molar-refractivity contribution < 1.29 is 19.1 Å². The minimum Gasteiger partial charge on any atom is -0.479 e. The topological polar surface area (TPSA) is 63.6 Å². The average Bonchev–Trinajstić information content (AvgIpc) is 3.31. The van der Waals surface area contributed by atoms with Crippen LogP contribution in [0.3, 0.4) is 0 Å². The molecule has 1 fully saturated rings. The van der Waals surface area contributed by atoms with Crippen LogP contribution in [0.1, 0.15) is 91.9 Å². The van der Waals surface area contributed by atoms with Gasteiger partial charge in [0.2, 0.25) is 0 Å². The number of allylic oxidation sites excluding steroid dienone is 4. The van der Waals surface area contributed by atoms with Gasteiger partial charge in [-0.3, -0.25) is 4.79 Å². The molecule has 0 aliphatic heterocycles. The molecule has 0 spiro atoms. The van der Waals surface area contributed by atoms with Gasteiger partial charge in [0.25, 0.3) is 0 Å². The van der Waals surface area contributed by atoms with Crippen molar-refractivity contribution in [3.63, 3.8) is 0 Å². The fraction of sp³-hybridized carbons (Fsp3) is 0.769.